The highest BCUT2D eigenvalue weighted by Gasteiger charge is 2.02. The molecule has 19 heavy (non-hydrogen) atoms. The van der Waals surface area contributed by atoms with E-state index in [0.717, 1.165) is 32.4 Å². The van der Waals surface area contributed by atoms with Crippen molar-refractivity contribution in [3.05, 3.63) is 57.0 Å². The van der Waals surface area contributed by atoms with Gasteiger partial charge in [-0.2, -0.15) is 0 Å². The molecule has 2 aromatic rings. The lowest BCUT2D eigenvalue weighted by Gasteiger charge is -2.08. The molecule has 0 aliphatic heterocycles. The molecule has 0 fully saturated rings. The molecule has 0 bridgehead atoms. The summed E-state index contributed by atoms with van der Waals surface area (Å²) in [4.78, 5) is 1.02. The normalized spacial score (nSPS) is 10.5. The SMILES string of the molecule is Clc1ccc(Cl)c(SCCNc2cccc(Br)c2)c1. The first kappa shape index (κ1) is 15.0. The van der Waals surface area contributed by atoms with E-state index in [4.69, 9.17) is 23.2 Å². The molecule has 100 valence electrons. The van der Waals surface area contributed by atoms with Crippen LogP contribution in [-0.4, -0.2) is 12.3 Å². The smallest absolute Gasteiger partial charge is 0.0542 e. The molecule has 0 atom stereocenters. The van der Waals surface area contributed by atoms with Crippen molar-refractivity contribution in [3.63, 3.8) is 0 Å². The zero-order valence-corrected chi connectivity index (χ0v) is 13.9. The Bertz CT molecular complexity index is 563. The molecule has 0 saturated heterocycles. The first-order valence-corrected chi connectivity index (χ1v) is 8.26. The van der Waals surface area contributed by atoms with E-state index in [-0.39, 0.29) is 0 Å². The Balaban J connectivity index is 1.82. The maximum atomic E-state index is 6.11. The zero-order chi connectivity index (χ0) is 13.7. The number of halogens is 3. The Morgan fingerprint density at radius 2 is 1.95 bits per heavy atom. The Labute approximate surface area is 135 Å². The van der Waals surface area contributed by atoms with Gasteiger partial charge in [0.25, 0.3) is 0 Å². The van der Waals surface area contributed by atoms with Crippen molar-refractivity contribution in [1.29, 1.82) is 0 Å². The molecule has 0 saturated carbocycles. The number of rotatable bonds is 5. The second-order valence-corrected chi connectivity index (χ2v) is 6.76. The van der Waals surface area contributed by atoms with Crippen LogP contribution in [0.4, 0.5) is 5.69 Å². The third kappa shape index (κ3) is 4.92. The molecule has 2 aromatic carbocycles. The minimum Gasteiger partial charge on any atom is -0.384 e. The lowest BCUT2D eigenvalue weighted by Crippen LogP contribution is -2.03. The summed E-state index contributed by atoms with van der Waals surface area (Å²) in [5.74, 6) is 0.923. The van der Waals surface area contributed by atoms with Gasteiger partial charge in [-0.15, -0.1) is 11.8 Å². The number of hydrogen-bond donors (Lipinski definition) is 1. The zero-order valence-electron chi connectivity index (χ0n) is 10.00. The number of benzene rings is 2. The Hall–Kier alpha value is -0.350. The maximum Gasteiger partial charge on any atom is 0.0542 e. The third-order valence-corrected chi connectivity index (χ3v) is 4.63. The Morgan fingerprint density at radius 1 is 1.11 bits per heavy atom. The van der Waals surface area contributed by atoms with Crippen LogP contribution in [0.15, 0.2) is 51.8 Å². The van der Waals surface area contributed by atoms with Gasteiger partial charge < -0.3 is 5.32 Å². The quantitative estimate of drug-likeness (QED) is 0.510. The van der Waals surface area contributed by atoms with Gasteiger partial charge in [0.2, 0.25) is 0 Å². The minimum atomic E-state index is 0.715. The molecule has 0 unspecified atom stereocenters. The highest BCUT2D eigenvalue weighted by molar-refractivity contribution is 9.10. The molecule has 0 amide bonds. The second kappa shape index (κ2) is 7.44. The van der Waals surface area contributed by atoms with Crippen molar-refractivity contribution in [2.45, 2.75) is 4.90 Å². The van der Waals surface area contributed by atoms with Gasteiger partial charge in [-0.1, -0.05) is 45.2 Å². The van der Waals surface area contributed by atoms with Crippen molar-refractivity contribution >= 4 is 56.6 Å². The van der Waals surface area contributed by atoms with Crippen molar-refractivity contribution in [2.24, 2.45) is 0 Å². The summed E-state index contributed by atoms with van der Waals surface area (Å²) >= 11 is 17.2. The molecular weight excluding hydrogens is 365 g/mol. The fourth-order valence-electron chi connectivity index (χ4n) is 1.54. The fraction of sp³-hybridized carbons (Fsp3) is 0.143. The van der Waals surface area contributed by atoms with Crippen molar-refractivity contribution < 1.29 is 0 Å². The molecule has 0 radical (unpaired) electrons. The number of nitrogens with one attached hydrogen (secondary N) is 1. The van der Waals surface area contributed by atoms with Crippen LogP contribution in [0, 0.1) is 0 Å². The van der Waals surface area contributed by atoms with E-state index >= 15 is 0 Å². The van der Waals surface area contributed by atoms with E-state index in [0.29, 0.717) is 5.02 Å². The lowest BCUT2D eigenvalue weighted by atomic mass is 10.3. The van der Waals surface area contributed by atoms with E-state index in [1.54, 1.807) is 17.8 Å². The van der Waals surface area contributed by atoms with Gasteiger partial charge in [-0.3, -0.25) is 0 Å². The molecule has 0 aliphatic rings. The Morgan fingerprint density at radius 3 is 2.74 bits per heavy atom. The molecule has 0 spiro atoms. The summed E-state index contributed by atoms with van der Waals surface area (Å²) in [5, 5.41) is 4.82. The van der Waals surface area contributed by atoms with Crippen molar-refractivity contribution in [2.75, 3.05) is 17.6 Å². The molecule has 0 aromatic heterocycles. The Kier molecular flexibility index (Phi) is 5.89. The van der Waals surface area contributed by atoms with Gasteiger partial charge in [0.15, 0.2) is 0 Å². The summed E-state index contributed by atoms with van der Waals surface area (Å²) in [5.41, 5.74) is 1.10. The molecule has 2 rings (SSSR count). The van der Waals surface area contributed by atoms with E-state index in [1.165, 1.54) is 0 Å². The van der Waals surface area contributed by atoms with Gasteiger partial charge in [-0.25, -0.2) is 0 Å². The molecule has 5 heteroatoms. The lowest BCUT2D eigenvalue weighted by molar-refractivity contribution is 1.22. The van der Waals surface area contributed by atoms with E-state index < -0.39 is 0 Å². The molecular formula is C14H12BrCl2NS. The number of hydrogen-bond acceptors (Lipinski definition) is 2. The standard InChI is InChI=1S/C14H12BrCl2NS/c15-10-2-1-3-12(8-10)18-6-7-19-14-9-11(16)4-5-13(14)17/h1-5,8-9,18H,6-7H2. The van der Waals surface area contributed by atoms with Crippen LogP contribution < -0.4 is 5.32 Å². The van der Waals surface area contributed by atoms with Crippen LogP contribution in [-0.2, 0) is 0 Å². The van der Waals surface area contributed by atoms with Crippen LogP contribution in [0.25, 0.3) is 0 Å². The van der Waals surface area contributed by atoms with Crippen LogP contribution in [0.1, 0.15) is 0 Å². The summed E-state index contributed by atoms with van der Waals surface area (Å²) in [6, 6.07) is 13.6. The summed E-state index contributed by atoms with van der Waals surface area (Å²) in [6.07, 6.45) is 0. The van der Waals surface area contributed by atoms with Crippen LogP contribution in [0.3, 0.4) is 0 Å². The topological polar surface area (TPSA) is 12.0 Å². The monoisotopic (exact) mass is 375 g/mol. The van der Waals surface area contributed by atoms with Gasteiger partial charge in [0.05, 0.1) is 5.02 Å². The second-order valence-electron chi connectivity index (χ2n) is 3.86. The average Bonchev–Trinajstić information content (AvgIpc) is 2.39. The maximum absolute atomic E-state index is 6.11. The van der Waals surface area contributed by atoms with Gasteiger partial charge in [0, 0.05) is 32.4 Å². The predicted molar refractivity (Wildman–Crippen MR) is 89.8 cm³/mol. The molecule has 0 heterocycles. The van der Waals surface area contributed by atoms with Crippen molar-refractivity contribution in [3.8, 4) is 0 Å². The van der Waals surface area contributed by atoms with E-state index in [9.17, 15) is 0 Å². The summed E-state index contributed by atoms with van der Waals surface area (Å²) in [7, 11) is 0. The predicted octanol–water partition coefficient (Wildman–Crippen LogP) is 5.96. The largest absolute Gasteiger partial charge is 0.384 e. The average molecular weight is 377 g/mol. The van der Waals surface area contributed by atoms with E-state index in [2.05, 4.69) is 27.3 Å². The van der Waals surface area contributed by atoms with Gasteiger partial charge in [0.1, 0.15) is 0 Å². The van der Waals surface area contributed by atoms with Gasteiger partial charge >= 0.3 is 0 Å². The molecule has 1 nitrogen and oxygen atoms in total. The summed E-state index contributed by atoms with van der Waals surface area (Å²) < 4.78 is 1.07. The molecule has 0 aliphatic carbocycles. The first-order chi connectivity index (χ1) is 9.15. The molecule has 1 N–H and O–H groups in total. The number of anilines is 1. The summed E-state index contributed by atoms with van der Waals surface area (Å²) in [6.45, 7) is 0.865. The van der Waals surface area contributed by atoms with E-state index in [1.807, 2.05) is 30.3 Å². The van der Waals surface area contributed by atoms with Gasteiger partial charge in [-0.05, 0) is 36.4 Å². The highest BCUT2D eigenvalue weighted by Crippen LogP contribution is 2.29. The van der Waals surface area contributed by atoms with Crippen LogP contribution in [0.2, 0.25) is 10.0 Å². The van der Waals surface area contributed by atoms with Crippen LogP contribution in [0.5, 0.6) is 0 Å². The highest BCUT2D eigenvalue weighted by atomic mass is 79.9. The fourth-order valence-corrected chi connectivity index (χ4v) is 3.30. The first-order valence-electron chi connectivity index (χ1n) is 5.72. The minimum absolute atomic E-state index is 0.715. The number of thioether (sulfide) groups is 1. The van der Waals surface area contributed by atoms with Crippen LogP contribution >= 0.6 is 50.9 Å². The van der Waals surface area contributed by atoms with Crippen molar-refractivity contribution in [1.82, 2.24) is 0 Å². The third-order valence-electron chi connectivity index (χ3n) is 2.41.